The molecule has 20 heavy (non-hydrogen) atoms. The van der Waals surface area contributed by atoms with Gasteiger partial charge in [-0.15, -0.1) is 0 Å². The molecule has 1 aromatic carbocycles. The van der Waals surface area contributed by atoms with E-state index in [1.165, 1.54) is 4.90 Å². The fourth-order valence-corrected chi connectivity index (χ4v) is 2.40. The molecule has 7 heteroatoms. The highest BCUT2D eigenvalue weighted by Gasteiger charge is 2.22. The average molecular weight is 302 g/mol. The molecule has 0 radical (unpaired) electrons. The molecule has 0 spiro atoms. The molecule has 1 rings (SSSR count). The molecule has 0 aliphatic rings. The van der Waals surface area contributed by atoms with Gasteiger partial charge in [-0.1, -0.05) is 6.92 Å². The number of nitrogens with zero attached hydrogens (tertiary/aromatic N) is 1. The number of benzene rings is 1. The Labute approximate surface area is 118 Å². The van der Waals surface area contributed by atoms with E-state index in [0.717, 1.165) is 24.6 Å². The SMILES string of the molecule is CCC(C)N(CC)C(=O)c1ccc(S(N)(=O)=O)cc1F. The molecule has 2 N–H and O–H groups in total. The number of carbonyl (C=O) groups excluding carboxylic acids is 1. The molecule has 0 bridgehead atoms. The molecule has 0 saturated heterocycles. The maximum Gasteiger partial charge on any atom is 0.257 e. The van der Waals surface area contributed by atoms with E-state index >= 15 is 0 Å². The van der Waals surface area contributed by atoms with Crippen LogP contribution in [0.2, 0.25) is 0 Å². The first-order valence-corrected chi connectivity index (χ1v) is 7.90. The Kier molecular flexibility index (Phi) is 5.24. The molecule has 1 amide bonds. The lowest BCUT2D eigenvalue weighted by Crippen LogP contribution is -2.38. The van der Waals surface area contributed by atoms with Gasteiger partial charge in [0, 0.05) is 12.6 Å². The second-order valence-corrected chi connectivity index (χ2v) is 6.10. The van der Waals surface area contributed by atoms with Crippen LogP contribution in [-0.2, 0) is 10.0 Å². The lowest BCUT2D eigenvalue weighted by Gasteiger charge is -2.27. The highest BCUT2D eigenvalue weighted by atomic mass is 32.2. The summed E-state index contributed by atoms with van der Waals surface area (Å²) < 4.78 is 36.2. The molecular weight excluding hydrogens is 283 g/mol. The van der Waals surface area contributed by atoms with Crippen molar-refractivity contribution in [1.29, 1.82) is 0 Å². The number of carbonyl (C=O) groups is 1. The lowest BCUT2D eigenvalue weighted by molar-refractivity contribution is 0.0695. The zero-order valence-corrected chi connectivity index (χ0v) is 12.6. The third-order valence-corrected chi connectivity index (χ3v) is 4.13. The number of hydrogen-bond acceptors (Lipinski definition) is 3. The van der Waals surface area contributed by atoms with E-state index in [9.17, 15) is 17.6 Å². The Morgan fingerprint density at radius 2 is 2.00 bits per heavy atom. The third-order valence-electron chi connectivity index (χ3n) is 3.22. The van der Waals surface area contributed by atoms with Crippen LogP contribution in [0.3, 0.4) is 0 Å². The van der Waals surface area contributed by atoms with Crippen molar-refractivity contribution in [1.82, 2.24) is 4.90 Å². The van der Waals surface area contributed by atoms with E-state index in [4.69, 9.17) is 5.14 Å². The van der Waals surface area contributed by atoms with Crippen LogP contribution in [-0.4, -0.2) is 31.8 Å². The molecule has 1 aromatic rings. The zero-order valence-electron chi connectivity index (χ0n) is 11.8. The number of primary sulfonamides is 1. The summed E-state index contributed by atoms with van der Waals surface area (Å²) in [4.78, 5) is 13.5. The first-order chi connectivity index (χ1) is 9.22. The van der Waals surface area contributed by atoms with Crippen LogP contribution < -0.4 is 5.14 Å². The molecule has 0 saturated carbocycles. The van der Waals surface area contributed by atoms with Crippen molar-refractivity contribution in [3.63, 3.8) is 0 Å². The number of halogens is 1. The van der Waals surface area contributed by atoms with Crippen LogP contribution in [0.4, 0.5) is 4.39 Å². The number of sulfonamides is 1. The topological polar surface area (TPSA) is 80.5 Å². The van der Waals surface area contributed by atoms with Gasteiger partial charge in [-0.05, 0) is 38.5 Å². The van der Waals surface area contributed by atoms with Gasteiger partial charge in [-0.25, -0.2) is 17.9 Å². The van der Waals surface area contributed by atoms with Crippen LogP contribution in [0.5, 0.6) is 0 Å². The first kappa shape index (κ1) is 16.6. The van der Waals surface area contributed by atoms with Crippen molar-refractivity contribution >= 4 is 15.9 Å². The van der Waals surface area contributed by atoms with Gasteiger partial charge in [0.2, 0.25) is 10.0 Å². The minimum absolute atomic E-state index is 0.0233. The summed E-state index contributed by atoms with van der Waals surface area (Å²) in [5.74, 6) is -1.34. The zero-order chi connectivity index (χ0) is 15.5. The Balaban J connectivity index is 3.18. The van der Waals surface area contributed by atoms with E-state index in [1.54, 1.807) is 6.92 Å². The summed E-state index contributed by atoms with van der Waals surface area (Å²) in [5.41, 5.74) is -0.153. The predicted octanol–water partition coefficient (Wildman–Crippen LogP) is 1.73. The summed E-state index contributed by atoms with van der Waals surface area (Å²) in [5, 5.41) is 4.92. The molecule has 0 heterocycles. The van der Waals surface area contributed by atoms with Crippen LogP contribution in [0.25, 0.3) is 0 Å². The van der Waals surface area contributed by atoms with Gasteiger partial charge in [-0.2, -0.15) is 0 Å². The van der Waals surface area contributed by atoms with Gasteiger partial charge >= 0.3 is 0 Å². The van der Waals surface area contributed by atoms with E-state index in [1.807, 2.05) is 13.8 Å². The van der Waals surface area contributed by atoms with Gasteiger partial charge in [0.25, 0.3) is 5.91 Å². The molecular formula is C13H19FN2O3S. The summed E-state index contributed by atoms with van der Waals surface area (Å²) in [6.45, 7) is 6.06. The van der Waals surface area contributed by atoms with Gasteiger partial charge in [0.05, 0.1) is 10.5 Å². The van der Waals surface area contributed by atoms with Crippen molar-refractivity contribution in [2.75, 3.05) is 6.54 Å². The Hall–Kier alpha value is -1.47. The second kappa shape index (κ2) is 6.32. The van der Waals surface area contributed by atoms with Crippen molar-refractivity contribution in [2.24, 2.45) is 5.14 Å². The molecule has 1 atom stereocenters. The fraction of sp³-hybridized carbons (Fsp3) is 0.462. The van der Waals surface area contributed by atoms with Crippen molar-refractivity contribution in [3.05, 3.63) is 29.6 Å². The van der Waals surface area contributed by atoms with Gasteiger partial charge < -0.3 is 4.90 Å². The summed E-state index contributed by atoms with van der Waals surface area (Å²) in [7, 11) is -3.98. The Bertz CT molecular complexity index is 602. The maximum absolute atomic E-state index is 13.9. The summed E-state index contributed by atoms with van der Waals surface area (Å²) in [6.07, 6.45) is 0.746. The Morgan fingerprint density at radius 1 is 1.40 bits per heavy atom. The number of hydrogen-bond donors (Lipinski definition) is 1. The van der Waals surface area contributed by atoms with Crippen molar-refractivity contribution < 1.29 is 17.6 Å². The third kappa shape index (κ3) is 3.55. The van der Waals surface area contributed by atoms with Crippen LogP contribution in [0.15, 0.2) is 23.1 Å². The number of amides is 1. The average Bonchev–Trinajstić information content (AvgIpc) is 2.37. The second-order valence-electron chi connectivity index (χ2n) is 4.54. The molecule has 1 unspecified atom stereocenters. The van der Waals surface area contributed by atoms with Crippen LogP contribution >= 0.6 is 0 Å². The van der Waals surface area contributed by atoms with Gasteiger partial charge in [0.1, 0.15) is 5.82 Å². The minimum Gasteiger partial charge on any atom is -0.336 e. The molecule has 0 fully saturated rings. The molecule has 0 aromatic heterocycles. The van der Waals surface area contributed by atoms with Crippen molar-refractivity contribution in [2.45, 2.75) is 38.1 Å². The van der Waals surface area contributed by atoms with E-state index in [0.29, 0.717) is 6.54 Å². The quantitative estimate of drug-likeness (QED) is 0.899. The van der Waals surface area contributed by atoms with E-state index < -0.39 is 21.7 Å². The van der Waals surface area contributed by atoms with E-state index in [2.05, 4.69) is 0 Å². The van der Waals surface area contributed by atoms with Crippen molar-refractivity contribution in [3.8, 4) is 0 Å². The number of nitrogens with two attached hydrogens (primary N) is 1. The Morgan fingerprint density at radius 3 is 2.40 bits per heavy atom. The molecule has 0 aliphatic heterocycles. The van der Waals surface area contributed by atoms with Crippen LogP contribution in [0, 0.1) is 5.82 Å². The first-order valence-electron chi connectivity index (χ1n) is 6.35. The van der Waals surface area contributed by atoms with E-state index in [-0.39, 0.29) is 16.5 Å². The monoisotopic (exact) mass is 302 g/mol. The fourth-order valence-electron chi connectivity index (χ4n) is 1.88. The molecule has 5 nitrogen and oxygen atoms in total. The summed E-state index contributed by atoms with van der Waals surface area (Å²) in [6, 6.07) is 3.04. The lowest BCUT2D eigenvalue weighted by atomic mass is 10.1. The number of rotatable bonds is 5. The van der Waals surface area contributed by atoms with Crippen LogP contribution in [0.1, 0.15) is 37.6 Å². The van der Waals surface area contributed by atoms with Gasteiger partial charge in [-0.3, -0.25) is 4.79 Å². The highest BCUT2D eigenvalue weighted by molar-refractivity contribution is 7.89. The normalized spacial score (nSPS) is 13.1. The molecule has 112 valence electrons. The molecule has 0 aliphatic carbocycles. The smallest absolute Gasteiger partial charge is 0.257 e. The highest BCUT2D eigenvalue weighted by Crippen LogP contribution is 2.17. The predicted molar refractivity (Wildman–Crippen MR) is 74.2 cm³/mol. The largest absolute Gasteiger partial charge is 0.336 e. The van der Waals surface area contributed by atoms with Gasteiger partial charge in [0.15, 0.2) is 0 Å². The maximum atomic E-state index is 13.9. The minimum atomic E-state index is -3.98. The standard InChI is InChI=1S/C13H19FN2O3S/c1-4-9(3)16(5-2)13(17)11-7-6-10(8-12(11)14)20(15,18)19/h6-9H,4-5H2,1-3H3,(H2,15,18,19). The summed E-state index contributed by atoms with van der Waals surface area (Å²) >= 11 is 0.